The van der Waals surface area contributed by atoms with E-state index >= 15 is 0 Å². The van der Waals surface area contributed by atoms with Crippen LogP contribution in [0.5, 0.6) is 0 Å². The highest BCUT2D eigenvalue weighted by atomic mass is 16.6. The van der Waals surface area contributed by atoms with Crippen molar-refractivity contribution in [3.8, 4) is 0 Å². The van der Waals surface area contributed by atoms with Crippen molar-refractivity contribution in [3.63, 3.8) is 0 Å². The van der Waals surface area contributed by atoms with Gasteiger partial charge in [-0.1, -0.05) is 51.1 Å². The minimum Gasteiger partial charge on any atom is -0.469 e. The topological polar surface area (TPSA) is 99.1 Å². The smallest absolute Gasteiger partial charge is 0.338 e. The molecule has 0 unspecified atom stereocenters. The van der Waals surface area contributed by atoms with Gasteiger partial charge in [0.25, 0.3) is 0 Å². The predicted octanol–water partition coefficient (Wildman–Crippen LogP) is 7.13. The number of benzene rings is 2. The van der Waals surface area contributed by atoms with Crippen LogP contribution in [0.3, 0.4) is 0 Å². The molecule has 0 aliphatic heterocycles. The standard InChI is InChI=1S/C38H50O7/c1-22(10-15-34(41)43-5)29-13-14-30-35-31(21-33(38(29,30)4)44-23(2)39)37(3)17-16-28(40)19-27(37)20-32(35)45-36(42)26-12-11-24-8-6-7-9-25(24)18-26/h6-9,11-12,18,22,27-33,35,40H,10,13-17,19-21H2,1-5H3/t22-,27+,28-,29-,30+,31+,32-,33+,35+,37+,38-/m1/s1. The summed E-state index contributed by atoms with van der Waals surface area (Å²) in [6, 6.07) is 13.8. The predicted molar refractivity (Wildman–Crippen MR) is 171 cm³/mol. The SMILES string of the molecule is COC(=O)CC[C@@H](C)[C@H]1CC[C@H]2[C@@H]3[C@H](OC(=O)c4ccc5ccccc5c4)C[C@@H]4C[C@H](O)CC[C@]4(C)[C@H]3C[C@H](OC(C)=O)[C@]12C. The third-order valence-corrected chi connectivity index (χ3v) is 13.0. The minimum atomic E-state index is -0.346. The summed E-state index contributed by atoms with van der Waals surface area (Å²) in [5, 5.41) is 12.8. The zero-order valence-electron chi connectivity index (χ0n) is 27.5. The Balaban J connectivity index is 1.36. The van der Waals surface area contributed by atoms with Gasteiger partial charge in [0.05, 0.1) is 18.8 Å². The second-order valence-corrected chi connectivity index (χ2v) is 15.1. The van der Waals surface area contributed by atoms with Crippen molar-refractivity contribution in [2.75, 3.05) is 7.11 Å². The number of esters is 3. The highest BCUT2D eigenvalue weighted by Crippen LogP contribution is 2.69. The second kappa shape index (κ2) is 12.4. The molecule has 4 saturated carbocycles. The van der Waals surface area contributed by atoms with E-state index in [1.54, 1.807) is 0 Å². The summed E-state index contributed by atoms with van der Waals surface area (Å²) in [7, 11) is 1.43. The average Bonchev–Trinajstić information content (AvgIpc) is 3.38. The van der Waals surface area contributed by atoms with Crippen LogP contribution in [0.25, 0.3) is 10.8 Å². The molecule has 6 rings (SSSR count). The van der Waals surface area contributed by atoms with Gasteiger partial charge < -0.3 is 19.3 Å². The van der Waals surface area contributed by atoms with Gasteiger partial charge in [-0.2, -0.15) is 0 Å². The molecule has 2 aromatic rings. The normalized spacial score (nSPS) is 37.9. The Hall–Kier alpha value is -2.93. The number of hydrogen-bond acceptors (Lipinski definition) is 7. The van der Waals surface area contributed by atoms with Crippen LogP contribution in [0.15, 0.2) is 42.5 Å². The lowest BCUT2D eigenvalue weighted by Crippen LogP contribution is -2.63. The van der Waals surface area contributed by atoms with E-state index in [0.717, 1.165) is 55.7 Å². The number of hydrogen-bond donors (Lipinski definition) is 1. The van der Waals surface area contributed by atoms with Gasteiger partial charge in [0.15, 0.2) is 0 Å². The number of carbonyl (C=O) groups excluding carboxylic acids is 3. The molecule has 0 aromatic heterocycles. The van der Waals surface area contributed by atoms with E-state index in [9.17, 15) is 19.5 Å². The fourth-order valence-corrected chi connectivity index (χ4v) is 10.7. The number of methoxy groups -OCH3 is 1. The van der Waals surface area contributed by atoms with E-state index in [4.69, 9.17) is 14.2 Å². The molecule has 4 fully saturated rings. The summed E-state index contributed by atoms with van der Waals surface area (Å²) in [6.45, 7) is 8.40. The van der Waals surface area contributed by atoms with Gasteiger partial charge in [0.2, 0.25) is 0 Å². The third kappa shape index (κ3) is 5.68. The monoisotopic (exact) mass is 618 g/mol. The molecule has 4 aliphatic carbocycles. The van der Waals surface area contributed by atoms with Crippen LogP contribution in [0, 0.1) is 46.3 Å². The van der Waals surface area contributed by atoms with Crippen molar-refractivity contribution in [1.82, 2.24) is 0 Å². The highest BCUT2D eigenvalue weighted by molar-refractivity contribution is 5.95. The average molecular weight is 619 g/mol. The van der Waals surface area contributed by atoms with Crippen LogP contribution in [0.2, 0.25) is 0 Å². The molecular weight excluding hydrogens is 568 g/mol. The molecule has 7 heteroatoms. The van der Waals surface area contributed by atoms with E-state index in [1.165, 1.54) is 14.0 Å². The summed E-state index contributed by atoms with van der Waals surface area (Å²) >= 11 is 0. The Kier molecular flexibility index (Phi) is 8.79. The number of ether oxygens (including phenoxy) is 3. The van der Waals surface area contributed by atoms with Crippen LogP contribution in [0.1, 0.15) is 95.8 Å². The summed E-state index contributed by atoms with van der Waals surface area (Å²) < 4.78 is 17.8. The van der Waals surface area contributed by atoms with Gasteiger partial charge in [-0.3, -0.25) is 9.59 Å². The first-order valence-corrected chi connectivity index (χ1v) is 17.1. The van der Waals surface area contributed by atoms with Crippen molar-refractivity contribution in [2.24, 2.45) is 46.3 Å². The molecule has 0 saturated heterocycles. The maximum absolute atomic E-state index is 13.9. The largest absolute Gasteiger partial charge is 0.469 e. The Morgan fingerprint density at radius 2 is 1.71 bits per heavy atom. The van der Waals surface area contributed by atoms with E-state index < -0.39 is 0 Å². The molecule has 1 N–H and O–H groups in total. The lowest BCUT2D eigenvalue weighted by molar-refractivity contribution is -0.217. The molecule has 0 radical (unpaired) electrons. The van der Waals surface area contributed by atoms with Crippen molar-refractivity contribution < 1.29 is 33.7 Å². The Labute approximate surface area is 267 Å². The first-order valence-electron chi connectivity index (χ1n) is 17.1. The second-order valence-electron chi connectivity index (χ2n) is 15.1. The van der Waals surface area contributed by atoms with E-state index in [2.05, 4.69) is 20.8 Å². The maximum atomic E-state index is 13.9. The summed E-state index contributed by atoms with van der Waals surface area (Å²) in [5.41, 5.74) is 0.205. The van der Waals surface area contributed by atoms with Crippen molar-refractivity contribution >= 4 is 28.7 Å². The summed E-state index contributed by atoms with van der Waals surface area (Å²) in [6.07, 6.45) is 6.00. The lowest BCUT2D eigenvalue weighted by atomic mass is 9.43. The summed E-state index contributed by atoms with van der Waals surface area (Å²) in [5.74, 6) is 0.479. The molecule has 0 spiro atoms. The number of carbonyl (C=O) groups is 3. The lowest BCUT2D eigenvalue weighted by Gasteiger charge is -2.64. The third-order valence-electron chi connectivity index (χ3n) is 13.0. The van der Waals surface area contributed by atoms with E-state index in [1.807, 2.05) is 42.5 Å². The van der Waals surface area contributed by atoms with E-state index in [-0.39, 0.29) is 82.6 Å². The zero-order chi connectivity index (χ0) is 32.1. The van der Waals surface area contributed by atoms with Crippen LogP contribution in [-0.4, -0.2) is 48.4 Å². The molecule has 45 heavy (non-hydrogen) atoms. The molecular formula is C38H50O7. The zero-order valence-corrected chi connectivity index (χ0v) is 27.5. The Morgan fingerprint density at radius 1 is 0.956 bits per heavy atom. The van der Waals surface area contributed by atoms with Crippen LogP contribution in [-0.2, 0) is 23.8 Å². The van der Waals surface area contributed by atoms with Gasteiger partial charge in [0, 0.05) is 24.7 Å². The van der Waals surface area contributed by atoms with Gasteiger partial charge in [-0.15, -0.1) is 0 Å². The number of aliphatic hydroxyl groups is 1. The molecule has 2 aromatic carbocycles. The number of aliphatic hydroxyl groups excluding tert-OH is 1. The molecule has 0 heterocycles. The van der Waals surface area contributed by atoms with E-state index in [0.29, 0.717) is 18.4 Å². The first kappa shape index (κ1) is 32.0. The molecule has 4 aliphatic rings. The van der Waals surface area contributed by atoms with Crippen molar-refractivity contribution in [2.45, 2.75) is 104 Å². The van der Waals surface area contributed by atoms with Crippen LogP contribution < -0.4 is 0 Å². The molecule has 244 valence electrons. The highest BCUT2D eigenvalue weighted by Gasteiger charge is 2.67. The molecule has 0 amide bonds. The fourth-order valence-electron chi connectivity index (χ4n) is 10.7. The molecule has 11 atom stereocenters. The van der Waals surface area contributed by atoms with Crippen LogP contribution in [0.4, 0.5) is 0 Å². The van der Waals surface area contributed by atoms with Crippen molar-refractivity contribution in [3.05, 3.63) is 48.0 Å². The summed E-state index contributed by atoms with van der Waals surface area (Å²) in [4.78, 5) is 38.6. The van der Waals surface area contributed by atoms with Crippen molar-refractivity contribution in [1.29, 1.82) is 0 Å². The number of fused-ring (bicyclic) bond motifs is 6. The molecule has 0 bridgehead atoms. The van der Waals surface area contributed by atoms with Gasteiger partial charge >= 0.3 is 17.9 Å². The minimum absolute atomic E-state index is 0.0376. The fraction of sp³-hybridized carbons (Fsp3) is 0.658. The van der Waals surface area contributed by atoms with Gasteiger partial charge in [0.1, 0.15) is 12.2 Å². The van der Waals surface area contributed by atoms with Gasteiger partial charge in [-0.25, -0.2) is 4.79 Å². The first-order chi connectivity index (χ1) is 21.4. The Bertz CT molecular complexity index is 1440. The van der Waals surface area contributed by atoms with Crippen LogP contribution >= 0.6 is 0 Å². The Morgan fingerprint density at radius 3 is 2.44 bits per heavy atom. The quantitative estimate of drug-likeness (QED) is 0.260. The molecule has 7 nitrogen and oxygen atoms in total. The number of rotatable bonds is 7. The van der Waals surface area contributed by atoms with Gasteiger partial charge in [-0.05, 0) is 109 Å². The maximum Gasteiger partial charge on any atom is 0.338 e.